The molecule has 1 aromatic rings. The zero-order valence-electron chi connectivity index (χ0n) is 9.85. The van der Waals surface area contributed by atoms with Crippen molar-refractivity contribution in [2.45, 2.75) is 31.7 Å². The second-order valence-electron chi connectivity index (χ2n) is 4.42. The third-order valence-corrected chi connectivity index (χ3v) is 3.80. The number of benzene rings is 1. The van der Waals surface area contributed by atoms with Gasteiger partial charge in [-0.3, -0.25) is 4.79 Å². The summed E-state index contributed by atoms with van der Waals surface area (Å²) in [6, 6.07) is 4.24. The number of halogens is 3. The van der Waals surface area contributed by atoms with E-state index in [4.69, 9.17) is 11.6 Å². The first kappa shape index (κ1) is 14.5. The van der Waals surface area contributed by atoms with E-state index in [0.29, 0.717) is 4.47 Å². The van der Waals surface area contributed by atoms with Gasteiger partial charge >= 0.3 is 0 Å². The van der Waals surface area contributed by atoms with Gasteiger partial charge in [-0.1, -0.05) is 0 Å². The lowest BCUT2D eigenvalue weighted by molar-refractivity contribution is 0.0912. The van der Waals surface area contributed by atoms with Gasteiger partial charge in [0, 0.05) is 5.56 Å². The van der Waals surface area contributed by atoms with E-state index in [9.17, 15) is 9.18 Å². The highest BCUT2D eigenvalue weighted by molar-refractivity contribution is 9.10. The monoisotopic (exact) mass is 321 g/mol. The number of hydrogen-bond acceptors (Lipinski definition) is 1. The summed E-state index contributed by atoms with van der Waals surface area (Å²) in [7, 11) is 0. The molecule has 94 valence electrons. The quantitative estimate of drug-likeness (QED) is 0.844. The molecule has 17 heavy (non-hydrogen) atoms. The van der Waals surface area contributed by atoms with Crippen LogP contribution in [-0.4, -0.2) is 16.8 Å². The molecule has 2 nitrogen and oxygen atoms in total. The van der Waals surface area contributed by atoms with Crippen molar-refractivity contribution in [3.8, 4) is 0 Å². The van der Waals surface area contributed by atoms with E-state index in [-0.39, 0.29) is 16.8 Å². The Morgan fingerprint density at radius 2 is 2.12 bits per heavy atom. The van der Waals surface area contributed by atoms with Gasteiger partial charge < -0.3 is 5.32 Å². The van der Waals surface area contributed by atoms with E-state index in [1.54, 1.807) is 13.0 Å². The van der Waals surface area contributed by atoms with Crippen LogP contribution in [0.15, 0.2) is 22.7 Å². The van der Waals surface area contributed by atoms with Crippen molar-refractivity contribution in [1.82, 2.24) is 5.32 Å². The SMILES string of the molecule is CC(Cl)C(C)(C)NC(=O)c1ccc(Br)c(F)c1. The van der Waals surface area contributed by atoms with E-state index in [0.717, 1.165) is 0 Å². The number of carbonyl (C=O) groups is 1. The lowest BCUT2D eigenvalue weighted by Crippen LogP contribution is -2.49. The number of nitrogens with one attached hydrogen (secondary N) is 1. The Bertz CT molecular complexity index is 435. The molecule has 0 bridgehead atoms. The predicted molar refractivity (Wildman–Crippen MR) is 71.0 cm³/mol. The van der Waals surface area contributed by atoms with Crippen LogP contribution in [0, 0.1) is 5.82 Å². The van der Waals surface area contributed by atoms with Gasteiger partial charge in [0.2, 0.25) is 0 Å². The zero-order chi connectivity index (χ0) is 13.2. The van der Waals surface area contributed by atoms with Crippen molar-refractivity contribution in [2.24, 2.45) is 0 Å². The Labute approximate surface area is 114 Å². The van der Waals surface area contributed by atoms with Gasteiger partial charge in [0.25, 0.3) is 5.91 Å². The fourth-order valence-corrected chi connectivity index (χ4v) is 1.40. The fourth-order valence-electron chi connectivity index (χ4n) is 1.10. The summed E-state index contributed by atoms with van der Waals surface area (Å²) in [6.45, 7) is 5.43. The lowest BCUT2D eigenvalue weighted by atomic mass is 10.0. The van der Waals surface area contributed by atoms with Gasteiger partial charge in [-0.15, -0.1) is 11.6 Å². The van der Waals surface area contributed by atoms with Gasteiger partial charge in [-0.05, 0) is 54.9 Å². The summed E-state index contributed by atoms with van der Waals surface area (Å²) >= 11 is 9.00. The summed E-state index contributed by atoms with van der Waals surface area (Å²) in [4.78, 5) is 11.9. The second-order valence-corrected chi connectivity index (χ2v) is 5.93. The molecule has 1 atom stereocenters. The largest absolute Gasteiger partial charge is 0.346 e. The number of carbonyl (C=O) groups excluding carboxylic acids is 1. The molecule has 0 aliphatic carbocycles. The van der Waals surface area contributed by atoms with Crippen molar-refractivity contribution in [1.29, 1.82) is 0 Å². The molecule has 1 amide bonds. The summed E-state index contributed by atoms with van der Waals surface area (Å²) in [5.41, 5.74) is -0.279. The molecule has 0 radical (unpaired) electrons. The van der Waals surface area contributed by atoms with E-state index >= 15 is 0 Å². The summed E-state index contributed by atoms with van der Waals surface area (Å²) in [5, 5.41) is 2.54. The van der Waals surface area contributed by atoms with Crippen LogP contribution in [0.5, 0.6) is 0 Å². The van der Waals surface area contributed by atoms with Crippen LogP contribution in [0.25, 0.3) is 0 Å². The van der Waals surface area contributed by atoms with Crippen LogP contribution in [0.4, 0.5) is 4.39 Å². The van der Waals surface area contributed by atoms with Crippen molar-refractivity contribution >= 4 is 33.4 Å². The topological polar surface area (TPSA) is 29.1 Å². The maximum absolute atomic E-state index is 13.3. The highest BCUT2D eigenvalue weighted by Gasteiger charge is 2.26. The molecule has 0 heterocycles. The first-order valence-electron chi connectivity index (χ1n) is 5.15. The van der Waals surface area contributed by atoms with E-state index in [1.165, 1.54) is 12.1 Å². The van der Waals surface area contributed by atoms with E-state index < -0.39 is 11.4 Å². The Morgan fingerprint density at radius 1 is 1.53 bits per heavy atom. The van der Waals surface area contributed by atoms with E-state index in [1.807, 2.05) is 13.8 Å². The summed E-state index contributed by atoms with van der Waals surface area (Å²) in [5.74, 6) is -0.803. The molecule has 0 spiro atoms. The molecule has 1 unspecified atom stereocenters. The molecule has 1 rings (SSSR count). The number of hydrogen-bond donors (Lipinski definition) is 1. The Balaban J connectivity index is 2.87. The summed E-state index contributed by atoms with van der Waals surface area (Å²) < 4.78 is 13.6. The van der Waals surface area contributed by atoms with Gasteiger partial charge in [0.05, 0.1) is 15.4 Å². The van der Waals surface area contributed by atoms with Crippen molar-refractivity contribution in [3.05, 3.63) is 34.1 Å². The maximum Gasteiger partial charge on any atom is 0.251 e. The van der Waals surface area contributed by atoms with Crippen molar-refractivity contribution in [3.63, 3.8) is 0 Å². The van der Waals surface area contributed by atoms with Crippen LogP contribution in [0.3, 0.4) is 0 Å². The third kappa shape index (κ3) is 3.68. The molecular formula is C12H14BrClFNO. The molecule has 0 saturated heterocycles. The van der Waals surface area contributed by atoms with Crippen LogP contribution in [-0.2, 0) is 0 Å². The van der Waals surface area contributed by atoms with Gasteiger partial charge in [-0.2, -0.15) is 0 Å². The average molecular weight is 323 g/mol. The molecule has 1 N–H and O–H groups in total. The van der Waals surface area contributed by atoms with Gasteiger partial charge in [0.15, 0.2) is 0 Å². The number of alkyl halides is 1. The normalized spacial score (nSPS) is 13.3. The fraction of sp³-hybridized carbons (Fsp3) is 0.417. The Morgan fingerprint density at radius 3 is 2.59 bits per heavy atom. The number of rotatable bonds is 3. The van der Waals surface area contributed by atoms with Gasteiger partial charge in [0.1, 0.15) is 5.82 Å². The van der Waals surface area contributed by atoms with Crippen molar-refractivity contribution < 1.29 is 9.18 Å². The zero-order valence-corrected chi connectivity index (χ0v) is 12.2. The minimum Gasteiger partial charge on any atom is -0.346 e. The van der Waals surface area contributed by atoms with Gasteiger partial charge in [-0.25, -0.2) is 4.39 Å². The summed E-state index contributed by atoms with van der Waals surface area (Å²) in [6.07, 6.45) is 0. The maximum atomic E-state index is 13.3. The molecule has 0 saturated carbocycles. The minimum absolute atomic E-state index is 0.230. The number of amides is 1. The molecule has 0 aromatic heterocycles. The standard InChI is InChI=1S/C12H14BrClFNO/c1-7(14)12(2,3)16-11(17)8-4-5-9(13)10(15)6-8/h4-7H,1-3H3,(H,16,17). The smallest absolute Gasteiger partial charge is 0.251 e. The molecule has 5 heteroatoms. The molecule has 0 aliphatic rings. The molecule has 0 fully saturated rings. The highest BCUT2D eigenvalue weighted by Crippen LogP contribution is 2.19. The van der Waals surface area contributed by atoms with Crippen molar-refractivity contribution in [2.75, 3.05) is 0 Å². The minimum atomic E-state index is -0.553. The van der Waals surface area contributed by atoms with Crippen LogP contribution < -0.4 is 5.32 Å². The lowest BCUT2D eigenvalue weighted by Gasteiger charge is -2.29. The predicted octanol–water partition coefficient (Wildman–Crippen LogP) is 3.72. The van der Waals surface area contributed by atoms with E-state index in [2.05, 4.69) is 21.2 Å². The molecular weight excluding hydrogens is 308 g/mol. The third-order valence-electron chi connectivity index (χ3n) is 2.61. The Kier molecular flexibility index (Phi) is 4.55. The van der Waals surface area contributed by atoms with Crippen LogP contribution in [0.1, 0.15) is 31.1 Å². The highest BCUT2D eigenvalue weighted by atomic mass is 79.9. The molecule has 1 aromatic carbocycles. The first-order chi connectivity index (χ1) is 7.74. The van der Waals surface area contributed by atoms with Crippen LogP contribution >= 0.6 is 27.5 Å². The molecule has 0 aliphatic heterocycles. The Hall–Kier alpha value is -0.610. The van der Waals surface area contributed by atoms with Crippen LogP contribution in [0.2, 0.25) is 0 Å². The second kappa shape index (κ2) is 5.36. The first-order valence-corrected chi connectivity index (χ1v) is 6.38. The average Bonchev–Trinajstić information content (AvgIpc) is 2.21.